The number of carbonyl (C=O) groups is 1. The number of nitrogen functional groups attached to an aromatic ring is 1. The number of hydrogen-bond acceptors (Lipinski definition) is 3. The van der Waals surface area contributed by atoms with Crippen LogP contribution in [0.4, 0.5) is 25.8 Å². The molecule has 2 aromatic carbocycles. The molecule has 0 saturated carbocycles. The highest BCUT2D eigenvalue weighted by Gasteiger charge is 2.14. The summed E-state index contributed by atoms with van der Waals surface area (Å²) >= 11 is 2.90. The summed E-state index contributed by atoms with van der Waals surface area (Å²) in [6, 6.07) is 6.53. The van der Waals surface area contributed by atoms with E-state index < -0.39 is 11.6 Å². The van der Waals surface area contributed by atoms with Gasteiger partial charge in [0, 0.05) is 18.8 Å². The van der Waals surface area contributed by atoms with Crippen molar-refractivity contribution in [3.63, 3.8) is 0 Å². The topological polar surface area (TPSA) is 67.2 Å². The highest BCUT2D eigenvalue weighted by Crippen LogP contribution is 2.28. The maximum atomic E-state index is 13.8. The first kappa shape index (κ1) is 15.2. The Labute approximate surface area is 128 Å². The first-order chi connectivity index (χ1) is 9.92. The van der Waals surface area contributed by atoms with E-state index in [4.69, 9.17) is 5.73 Å². The third-order valence-electron chi connectivity index (χ3n) is 2.79. The van der Waals surface area contributed by atoms with Gasteiger partial charge in [0.1, 0.15) is 11.6 Å². The van der Waals surface area contributed by atoms with Gasteiger partial charge in [-0.05, 0) is 40.2 Å². The van der Waals surface area contributed by atoms with Gasteiger partial charge in [0.15, 0.2) is 0 Å². The van der Waals surface area contributed by atoms with Crippen LogP contribution in [0, 0.1) is 11.6 Å². The average molecular weight is 356 g/mol. The number of nitrogens with one attached hydrogen (secondary N) is 2. The Morgan fingerprint density at radius 3 is 2.52 bits per heavy atom. The van der Waals surface area contributed by atoms with Crippen LogP contribution in [0.15, 0.2) is 34.8 Å². The van der Waals surface area contributed by atoms with Crippen molar-refractivity contribution >= 4 is 38.9 Å². The van der Waals surface area contributed by atoms with E-state index in [0.29, 0.717) is 5.69 Å². The molecule has 0 spiro atoms. The van der Waals surface area contributed by atoms with Crippen molar-refractivity contribution in [2.75, 3.05) is 18.1 Å². The molecule has 0 fully saturated rings. The molecular weight excluding hydrogens is 344 g/mol. The molecule has 0 bridgehead atoms. The Kier molecular flexibility index (Phi) is 4.42. The van der Waals surface area contributed by atoms with E-state index in [2.05, 4.69) is 26.6 Å². The molecule has 2 aromatic rings. The normalized spacial score (nSPS) is 10.3. The zero-order chi connectivity index (χ0) is 15.6. The molecule has 0 radical (unpaired) electrons. The monoisotopic (exact) mass is 355 g/mol. The number of carbonyl (C=O) groups excluding carboxylic acids is 1. The van der Waals surface area contributed by atoms with Gasteiger partial charge in [-0.2, -0.15) is 0 Å². The maximum absolute atomic E-state index is 13.8. The molecule has 0 unspecified atom stereocenters. The van der Waals surface area contributed by atoms with E-state index in [1.807, 2.05) is 0 Å². The van der Waals surface area contributed by atoms with Gasteiger partial charge in [-0.15, -0.1) is 0 Å². The molecule has 0 aliphatic carbocycles. The number of anilines is 3. The minimum absolute atomic E-state index is 0.0182. The lowest BCUT2D eigenvalue weighted by molar-refractivity contribution is 0.0964. The summed E-state index contributed by atoms with van der Waals surface area (Å²) in [6.45, 7) is 0. The smallest absolute Gasteiger partial charge is 0.253 e. The molecule has 2 rings (SSSR count). The Bertz CT molecular complexity index is 707. The fourth-order valence-electron chi connectivity index (χ4n) is 1.76. The van der Waals surface area contributed by atoms with E-state index in [0.717, 1.165) is 12.1 Å². The Hall–Kier alpha value is -2.15. The Morgan fingerprint density at radius 1 is 1.14 bits per heavy atom. The highest BCUT2D eigenvalue weighted by molar-refractivity contribution is 9.10. The molecule has 1 amide bonds. The van der Waals surface area contributed by atoms with Crippen LogP contribution in [0.1, 0.15) is 10.4 Å². The van der Waals surface area contributed by atoms with Crippen LogP contribution in [-0.2, 0) is 0 Å². The molecule has 4 nitrogen and oxygen atoms in total. The van der Waals surface area contributed by atoms with Gasteiger partial charge in [-0.3, -0.25) is 4.79 Å². The van der Waals surface area contributed by atoms with Crippen LogP contribution < -0.4 is 16.4 Å². The summed E-state index contributed by atoms with van der Waals surface area (Å²) in [5.74, 6) is -1.65. The number of amides is 1. The number of benzene rings is 2. The summed E-state index contributed by atoms with van der Waals surface area (Å²) in [5.41, 5.74) is 6.53. The summed E-state index contributed by atoms with van der Waals surface area (Å²) in [6.07, 6.45) is 0. The van der Waals surface area contributed by atoms with Crippen molar-refractivity contribution in [1.82, 2.24) is 5.32 Å². The molecule has 0 aliphatic rings. The molecule has 21 heavy (non-hydrogen) atoms. The van der Waals surface area contributed by atoms with Gasteiger partial charge in [-0.25, -0.2) is 8.78 Å². The highest BCUT2D eigenvalue weighted by atomic mass is 79.9. The zero-order valence-corrected chi connectivity index (χ0v) is 12.6. The lowest BCUT2D eigenvalue weighted by atomic mass is 10.1. The minimum atomic E-state index is -0.659. The standard InChI is InChI=1S/C14H12BrF2N3O/c1-19-14(21)8-3-2-7(18)4-12(8)20-13-6-10(16)9(15)5-11(13)17/h2-6,20H,18H2,1H3,(H,19,21). The Balaban J connectivity index is 2.46. The summed E-state index contributed by atoms with van der Waals surface area (Å²) in [4.78, 5) is 11.8. The fraction of sp³-hybridized carbons (Fsp3) is 0.0714. The predicted octanol–water partition coefficient (Wildman–Crippen LogP) is 3.41. The van der Waals surface area contributed by atoms with Crippen molar-refractivity contribution in [2.24, 2.45) is 0 Å². The molecule has 0 saturated heterocycles. The first-order valence-electron chi connectivity index (χ1n) is 5.95. The van der Waals surface area contributed by atoms with Gasteiger partial charge in [0.25, 0.3) is 5.91 Å². The number of nitrogens with two attached hydrogens (primary N) is 1. The van der Waals surface area contributed by atoms with Gasteiger partial charge in [0.05, 0.1) is 21.4 Å². The van der Waals surface area contributed by atoms with Crippen molar-refractivity contribution in [3.05, 3.63) is 52.0 Å². The van der Waals surface area contributed by atoms with Gasteiger partial charge in [-0.1, -0.05) is 0 Å². The van der Waals surface area contributed by atoms with Crippen molar-refractivity contribution < 1.29 is 13.6 Å². The lowest BCUT2D eigenvalue weighted by Gasteiger charge is -2.13. The van der Waals surface area contributed by atoms with Gasteiger partial charge >= 0.3 is 0 Å². The second-order valence-electron chi connectivity index (χ2n) is 4.26. The zero-order valence-electron chi connectivity index (χ0n) is 11.0. The van der Waals surface area contributed by atoms with E-state index in [1.54, 1.807) is 6.07 Å². The average Bonchev–Trinajstić information content (AvgIpc) is 2.44. The molecule has 4 N–H and O–H groups in total. The van der Waals surface area contributed by atoms with Crippen LogP contribution in [-0.4, -0.2) is 13.0 Å². The number of rotatable bonds is 3. The van der Waals surface area contributed by atoms with Gasteiger partial charge in [0.2, 0.25) is 0 Å². The number of hydrogen-bond donors (Lipinski definition) is 3. The van der Waals surface area contributed by atoms with Crippen LogP contribution in [0.25, 0.3) is 0 Å². The molecule has 0 atom stereocenters. The second-order valence-corrected chi connectivity index (χ2v) is 5.11. The van der Waals surface area contributed by atoms with Crippen molar-refractivity contribution in [1.29, 1.82) is 0 Å². The SMILES string of the molecule is CNC(=O)c1ccc(N)cc1Nc1cc(F)c(Br)cc1F. The molecule has 110 valence electrons. The van der Waals surface area contributed by atoms with Crippen LogP contribution >= 0.6 is 15.9 Å². The number of halogens is 3. The van der Waals surface area contributed by atoms with Crippen LogP contribution in [0.2, 0.25) is 0 Å². The van der Waals surface area contributed by atoms with Crippen LogP contribution in [0.3, 0.4) is 0 Å². The largest absolute Gasteiger partial charge is 0.399 e. The first-order valence-corrected chi connectivity index (χ1v) is 6.75. The summed E-state index contributed by atoms with van der Waals surface area (Å²) < 4.78 is 27.4. The third-order valence-corrected chi connectivity index (χ3v) is 3.40. The van der Waals surface area contributed by atoms with E-state index >= 15 is 0 Å². The lowest BCUT2D eigenvalue weighted by Crippen LogP contribution is -2.19. The fourth-order valence-corrected chi connectivity index (χ4v) is 2.08. The molecule has 0 heterocycles. The molecular formula is C14H12BrF2N3O. The third kappa shape index (κ3) is 3.30. The van der Waals surface area contributed by atoms with Crippen molar-refractivity contribution in [3.8, 4) is 0 Å². The minimum Gasteiger partial charge on any atom is -0.399 e. The maximum Gasteiger partial charge on any atom is 0.253 e. The Morgan fingerprint density at radius 2 is 1.86 bits per heavy atom. The van der Waals surface area contributed by atoms with Crippen LogP contribution in [0.5, 0.6) is 0 Å². The molecule has 0 aromatic heterocycles. The quantitative estimate of drug-likeness (QED) is 0.583. The van der Waals surface area contributed by atoms with E-state index in [9.17, 15) is 13.6 Å². The van der Waals surface area contributed by atoms with Gasteiger partial charge < -0.3 is 16.4 Å². The molecule has 0 aliphatic heterocycles. The summed E-state index contributed by atoms with van der Waals surface area (Å²) in [7, 11) is 1.47. The van der Waals surface area contributed by atoms with Crippen molar-refractivity contribution in [2.45, 2.75) is 0 Å². The van der Waals surface area contributed by atoms with E-state index in [1.165, 1.54) is 19.2 Å². The molecule has 7 heteroatoms. The van der Waals surface area contributed by atoms with E-state index in [-0.39, 0.29) is 27.3 Å². The summed E-state index contributed by atoms with van der Waals surface area (Å²) in [5, 5.41) is 5.16. The second kappa shape index (κ2) is 6.09. The predicted molar refractivity (Wildman–Crippen MR) is 81.6 cm³/mol.